The maximum Gasteiger partial charge on any atom is 0.201 e. The van der Waals surface area contributed by atoms with Gasteiger partial charge in [0.25, 0.3) is 0 Å². The highest BCUT2D eigenvalue weighted by atomic mass is 32.2. The zero-order valence-corrected chi connectivity index (χ0v) is 8.78. The van der Waals surface area contributed by atoms with Crippen molar-refractivity contribution >= 4 is 21.8 Å². The van der Waals surface area contributed by atoms with E-state index in [1.807, 2.05) is 30.3 Å². The lowest BCUT2D eigenvalue weighted by molar-refractivity contribution is 0.602. The lowest BCUT2D eigenvalue weighted by atomic mass is 10.1. The molecular formula is C10H10N2O2S. The Morgan fingerprint density at radius 1 is 1.20 bits per heavy atom. The third-order valence-corrected chi connectivity index (χ3v) is 2.55. The number of nitrogens with one attached hydrogen (secondary N) is 1. The molecule has 0 radical (unpaired) electrons. The second kappa shape index (κ2) is 4.37. The number of hydrogen-bond donors (Lipinski definition) is 2. The maximum absolute atomic E-state index is 10.4. The van der Waals surface area contributed by atoms with Crippen LogP contribution in [0.15, 0.2) is 36.5 Å². The minimum Gasteiger partial charge on any atom is -0.256 e. The van der Waals surface area contributed by atoms with Gasteiger partial charge >= 0.3 is 0 Å². The molecule has 1 aromatic heterocycles. The molecule has 0 saturated carbocycles. The Morgan fingerprint density at radius 2 is 2.00 bits per heavy atom. The van der Waals surface area contributed by atoms with Gasteiger partial charge in [0.05, 0.1) is 5.52 Å². The Bertz CT molecular complexity index is 539. The van der Waals surface area contributed by atoms with E-state index in [9.17, 15) is 8.42 Å². The Morgan fingerprint density at radius 3 is 2.80 bits per heavy atom. The predicted molar refractivity (Wildman–Crippen MR) is 58.9 cm³/mol. The average molecular weight is 222 g/mol. The first-order valence-electron chi connectivity index (χ1n) is 4.48. The van der Waals surface area contributed by atoms with Crippen molar-refractivity contribution < 1.29 is 8.42 Å². The molecule has 5 heteroatoms. The minimum atomic E-state index is -2.55. The summed E-state index contributed by atoms with van der Waals surface area (Å²) in [7, 11) is -2.55. The highest BCUT2D eigenvalue weighted by molar-refractivity contribution is 7.70. The smallest absolute Gasteiger partial charge is 0.201 e. The molecule has 0 aliphatic heterocycles. The third-order valence-electron chi connectivity index (χ3n) is 2.14. The number of benzene rings is 1. The molecule has 0 amide bonds. The molecule has 4 nitrogen and oxygen atoms in total. The number of fused-ring (bicyclic) bond motifs is 1. The van der Waals surface area contributed by atoms with Crippen LogP contribution in [-0.4, -0.2) is 13.4 Å². The van der Waals surface area contributed by atoms with Crippen LogP contribution in [0.3, 0.4) is 0 Å². The summed E-state index contributed by atoms with van der Waals surface area (Å²) in [5.74, 6) is 0. The molecule has 0 spiro atoms. The largest absolute Gasteiger partial charge is 0.256 e. The van der Waals surface area contributed by atoms with E-state index in [0.29, 0.717) is 6.54 Å². The van der Waals surface area contributed by atoms with Crippen LogP contribution in [0.1, 0.15) is 5.56 Å². The van der Waals surface area contributed by atoms with Crippen LogP contribution >= 0.6 is 0 Å². The van der Waals surface area contributed by atoms with E-state index in [0.717, 1.165) is 16.5 Å². The van der Waals surface area contributed by atoms with Gasteiger partial charge in [0.2, 0.25) is 10.9 Å². The number of pyridine rings is 1. The van der Waals surface area contributed by atoms with Gasteiger partial charge in [-0.1, -0.05) is 18.2 Å². The summed E-state index contributed by atoms with van der Waals surface area (Å²) in [5, 5.41) is 0.976. The van der Waals surface area contributed by atoms with Crippen molar-refractivity contribution in [3.63, 3.8) is 0 Å². The zero-order chi connectivity index (χ0) is 10.7. The van der Waals surface area contributed by atoms with Gasteiger partial charge in [-0.2, -0.15) is 0 Å². The van der Waals surface area contributed by atoms with Crippen LogP contribution in [0.5, 0.6) is 0 Å². The molecule has 1 aromatic carbocycles. The fourth-order valence-corrected chi connectivity index (χ4v) is 1.76. The van der Waals surface area contributed by atoms with E-state index in [1.165, 1.54) is 0 Å². The second-order valence-electron chi connectivity index (χ2n) is 3.08. The van der Waals surface area contributed by atoms with Crippen molar-refractivity contribution in [1.82, 2.24) is 9.71 Å². The monoisotopic (exact) mass is 222 g/mol. The molecule has 0 bridgehead atoms. The Labute approximate surface area is 89.0 Å². The predicted octanol–water partition coefficient (Wildman–Crippen LogP) is 0.851. The third kappa shape index (κ3) is 2.31. The van der Waals surface area contributed by atoms with Crippen LogP contribution in [0.2, 0.25) is 0 Å². The summed E-state index contributed by atoms with van der Waals surface area (Å²) >= 11 is 0. The van der Waals surface area contributed by atoms with Crippen molar-refractivity contribution in [1.29, 1.82) is 0 Å². The van der Waals surface area contributed by atoms with Crippen LogP contribution in [0, 0.1) is 0 Å². The average Bonchev–Trinajstić information content (AvgIpc) is 2.26. The highest BCUT2D eigenvalue weighted by Crippen LogP contribution is 2.15. The number of para-hydroxylation sites is 1. The van der Waals surface area contributed by atoms with Crippen LogP contribution in [0.4, 0.5) is 0 Å². The molecule has 2 rings (SSSR count). The first-order chi connectivity index (χ1) is 7.27. The SMILES string of the molecule is O=[SH](=O)NCc1ccnc2ccccc12. The van der Waals surface area contributed by atoms with Gasteiger partial charge in [-0.15, -0.1) is 0 Å². The van der Waals surface area contributed by atoms with E-state index in [2.05, 4.69) is 9.71 Å². The Hall–Kier alpha value is -1.46. The molecular weight excluding hydrogens is 212 g/mol. The molecule has 15 heavy (non-hydrogen) atoms. The van der Waals surface area contributed by atoms with Gasteiger partial charge in [0.15, 0.2) is 0 Å². The Balaban J connectivity index is 2.42. The summed E-state index contributed by atoms with van der Waals surface area (Å²) in [6, 6.07) is 9.45. The molecule has 0 atom stereocenters. The van der Waals surface area contributed by atoms with Crippen molar-refractivity contribution in [2.75, 3.05) is 0 Å². The molecule has 2 aromatic rings. The first kappa shape index (κ1) is 10.1. The number of thiol groups is 1. The van der Waals surface area contributed by atoms with E-state index < -0.39 is 10.9 Å². The van der Waals surface area contributed by atoms with Gasteiger partial charge in [-0.05, 0) is 17.7 Å². The molecule has 0 aliphatic carbocycles. The van der Waals surface area contributed by atoms with Gasteiger partial charge < -0.3 is 0 Å². The molecule has 0 fully saturated rings. The normalized spacial score (nSPS) is 11.0. The summed E-state index contributed by atoms with van der Waals surface area (Å²) in [5.41, 5.74) is 1.80. The fraction of sp³-hybridized carbons (Fsp3) is 0.100. The van der Waals surface area contributed by atoms with Crippen molar-refractivity contribution in [3.8, 4) is 0 Å². The Kier molecular flexibility index (Phi) is 2.94. The van der Waals surface area contributed by atoms with Crippen molar-refractivity contribution in [3.05, 3.63) is 42.1 Å². The molecule has 78 valence electrons. The van der Waals surface area contributed by atoms with E-state index in [-0.39, 0.29) is 0 Å². The van der Waals surface area contributed by atoms with Gasteiger partial charge in [-0.3, -0.25) is 4.98 Å². The maximum atomic E-state index is 10.4. The summed E-state index contributed by atoms with van der Waals surface area (Å²) < 4.78 is 23.2. The molecule has 0 aliphatic rings. The van der Waals surface area contributed by atoms with Gasteiger partial charge in [0.1, 0.15) is 0 Å². The van der Waals surface area contributed by atoms with E-state index in [4.69, 9.17) is 0 Å². The van der Waals surface area contributed by atoms with E-state index in [1.54, 1.807) is 6.20 Å². The standard InChI is InChI=1S/C10H10N2O2S/c13-15(14)12-7-8-5-6-11-10-4-2-1-3-9(8)10/h1-6,15H,7H2,(H,12,13,14). The molecule has 1 N–H and O–H groups in total. The summed E-state index contributed by atoms with van der Waals surface area (Å²) in [6.07, 6.45) is 1.68. The zero-order valence-electron chi connectivity index (χ0n) is 7.88. The van der Waals surface area contributed by atoms with Crippen LogP contribution in [0.25, 0.3) is 10.9 Å². The number of aromatic nitrogens is 1. The molecule has 0 saturated heterocycles. The van der Waals surface area contributed by atoms with Gasteiger partial charge in [-0.25, -0.2) is 13.1 Å². The second-order valence-corrected chi connectivity index (χ2v) is 3.91. The van der Waals surface area contributed by atoms with Gasteiger partial charge in [0, 0.05) is 18.1 Å². The number of rotatable bonds is 3. The number of nitrogens with zero attached hydrogens (tertiary/aromatic N) is 1. The fourth-order valence-electron chi connectivity index (χ4n) is 1.46. The van der Waals surface area contributed by atoms with Crippen molar-refractivity contribution in [2.45, 2.75) is 6.54 Å². The summed E-state index contributed by atoms with van der Waals surface area (Å²) in [4.78, 5) is 4.19. The van der Waals surface area contributed by atoms with Crippen molar-refractivity contribution in [2.24, 2.45) is 0 Å². The quantitative estimate of drug-likeness (QED) is 0.757. The molecule has 0 unspecified atom stereocenters. The lowest BCUT2D eigenvalue weighted by Gasteiger charge is -2.03. The van der Waals surface area contributed by atoms with Crippen LogP contribution < -0.4 is 4.72 Å². The summed E-state index contributed by atoms with van der Waals surface area (Å²) in [6.45, 7) is 0.307. The molecule has 1 heterocycles. The topological polar surface area (TPSA) is 59.1 Å². The van der Waals surface area contributed by atoms with E-state index >= 15 is 0 Å². The van der Waals surface area contributed by atoms with Crippen LogP contribution in [-0.2, 0) is 17.4 Å². The highest BCUT2D eigenvalue weighted by Gasteiger charge is 2.00. The minimum absolute atomic E-state index is 0.307. The lowest BCUT2D eigenvalue weighted by Crippen LogP contribution is -2.10. The first-order valence-corrected chi connectivity index (χ1v) is 5.65. The number of hydrogen-bond acceptors (Lipinski definition) is 3.